The number of allylic oxidation sites excluding steroid dienone is 5. The normalized spacial score (nSPS) is 13.3. The summed E-state index contributed by atoms with van der Waals surface area (Å²) < 4.78 is 5.85. The molecule has 0 bridgehead atoms. The molecule has 6 nitrogen and oxygen atoms in total. The summed E-state index contributed by atoms with van der Waals surface area (Å²) in [4.78, 5) is 26.2. The average Bonchev–Trinajstić information content (AvgIpc) is 3.31. The molecule has 0 saturated carbocycles. The molecule has 6 heteroatoms. The lowest BCUT2D eigenvalue weighted by molar-refractivity contribution is -0.148. The van der Waals surface area contributed by atoms with Gasteiger partial charge in [0.2, 0.25) is 5.91 Å². The van der Waals surface area contributed by atoms with Crippen molar-refractivity contribution in [3.05, 3.63) is 36.5 Å². The summed E-state index contributed by atoms with van der Waals surface area (Å²) in [5.41, 5.74) is 0. The molecule has 0 aliphatic heterocycles. The lowest BCUT2D eigenvalue weighted by Gasteiger charge is -2.23. The Bertz CT molecular complexity index is 1090. The van der Waals surface area contributed by atoms with E-state index in [1.54, 1.807) is 0 Å². The third-order valence-electron chi connectivity index (χ3n) is 13.4. The highest BCUT2D eigenvalue weighted by molar-refractivity contribution is 5.78. The van der Waals surface area contributed by atoms with Gasteiger partial charge >= 0.3 is 5.97 Å². The van der Waals surface area contributed by atoms with Crippen molar-refractivity contribution in [1.82, 2.24) is 5.32 Å². The van der Waals surface area contributed by atoms with E-state index in [0.717, 1.165) is 51.4 Å². The summed E-state index contributed by atoms with van der Waals surface area (Å²) in [6.45, 7) is 6.47. The number of nitrogens with one attached hydrogen (secondary N) is 1. The van der Waals surface area contributed by atoms with Gasteiger partial charge in [0.05, 0.1) is 25.2 Å². The molecule has 0 spiro atoms. The molecule has 66 heavy (non-hydrogen) atoms. The van der Waals surface area contributed by atoms with Gasteiger partial charge < -0.3 is 20.3 Å². The number of aliphatic hydroxyl groups excluding tert-OH is 2. The minimum atomic E-state index is -0.810. The number of rotatable bonds is 53. The maximum atomic E-state index is 13.2. The van der Waals surface area contributed by atoms with Crippen LogP contribution < -0.4 is 5.32 Å². The van der Waals surface area contributed by atoms with Crippen LogP contribution in [0.5, 0.6) is 0 Å². The van der Waals surface area contributed by atoms with Crippen LogP contribution in [0.15, 0.2) is 36.5 Å². The Morgan fingerprint density at radius 2 is 0.803 bits per heavy atom. The molecule has 0 aromatic heterocycles. The van der Waals surface area contributed by atoms with Crippen LogP contribution in [0.25, 0.3) is 0 Å². The molecule has 3 unspecified atom stereocenters. The predicted octanol–water partition coefficient (Wildman–Crippen LogP) is 18.0. The van der Waals surface area contributed by atoms with E-state index in [1.165, 1.54) is 218 Å². The second-order valence-corrected chi connectivity index (χ2v) is 20.0. The first-order valence-electron chi connectivity index (χ1n) is 29.2. The summed E-state index contributed by atoms with van der Waals surface area (Å²) >= 11 is 0. The molecular formula is C60H113NO5. The van der Waals surface area contributed by atoms with Crippen LogP contribution >= 0.6 is 0 Å². The van der Waals surface area contributed by atoms with Crippen molar-refractivity contribution in [3.63, 3.8) is 0 Å². The molecule has 0 heterocycles. The Morgan fingerprint density at radius 1 is 0.455 bits per heavy atom. The monoisotopic (exact) mass is 928 g/mol. The van der Waals surface area contributed by atoms with Gasteiger partial charge in [0.15, 0.2) is 0 Å². The van der Waals surface area contributed by atoms with E-state index in [1.807, 2.05) is 12.2 Å². The molecule has 0 aliphatic carbocycles. The molecule has 0 aliphatic rings. The van der Waals surface area contributed by atoms with Crippen LogP contribution in [0.4, 0.5) is 0 Å². The fourth-order valence-corrected chi connectivity index (χ4v) is 8.98. The fraction of sp³-hybridized carbons (Fsp3) is 0.867. The molecular weight excluding hydrogens is 815 g/mol. The molecule has 3 N–H and O–H groups in total. The van der Waals surface area contributed by atoms with Gasteiger partial charge in [0, 0.05) is 6.42 Å². The predicted molar refractivity (Wildman–Crippen MR) is 287 cm³/mol. The molecule has 0 rings (SSSR count). The summed E-state index contributed by atoms with van der Waals surface area (Å²) in [6.07, 6.45) is 65.4. The first-order valence-corrected chi connectivity index (χ1v) is 29.2. The lowest BCUT2D eigenvalue weighted by atomic mass is 10.0. The Hall–Kier alpha value is -1.92. The van der Waals surface area contributed by atoms with E-state index in [4.69, 9.17) is 4.74 Å². The van der Waals surface area contributed by atoms with E-state index in [2.05, 4.69) is 50.4 Å². The summed E-state index contributed by atoms with van der Waals surface area (Å²) in [5, 5.41) is 23.8. The zero-order chi connectivity index (χ0) is 48.1. The maximum absolute atomic E-state index is 13.2. The highest BCUT2D eigenvalue weighted by atomic mass is 16.5. The van der Waals surface area contributed by atoms with Crippen LogP contribution in [0.3, 0.4) is 0 Å². The van der Waals surface area contributed by atoms with Crippen LogP contribution in [-0.4, -0.2) is 46.9 Å². The smallest absolute Gasteiger partial charge is 0.306 e. The lowest BCUT2D eigenvalue weighted by Crippen LogP contribution is -2.46. The number of ether oxygens (including phenoxy) is 1. The van der Waals surface area contributed by atoms with Gasteiger partial charge in [-0.15, -0.1) is 0 Å². The van der Waals surface area contributed by atoms with Crippen molar-refractivity contribution >= 4 is 11.9 Å². The molecule has 0 radical (unpaired) electrons. The third-order valence-corrected chi connectivity index (χ3v) is 13.4. The molecule has 388 valence electrons. The second-order valence-electron chi connectivity index (χ2n) is 20.0. The van der Waals surface area contributed by atoms with E-state index in [0.29, 0.717) is 12.8 Å². The van der Waals surface area contributed by atoms with Crippen molar-refractivity contribution in [3.8, 4) is 0 Å². The quantitative estimate of drug-likeness (QED) is 0.0321. The second kappa shape index (κ2) is 54.0. The molecule has 0 aromatic rings. The summed E-state index contributed by atoms with van der Waals surface area (Å²) in [6, 6.07) is -0.731. The average molecular weight is 929 g/mol. The Kier molecular flexibility index (Phi) is 52.5. The Balaban J connectivity index is 4.47. The zero-order valence-corrected chi connectivity index (χ0v) is 44.3. The van der Waals surface area contributed by atoms with Gasteiger partial charge in [-0.1, -0.05) is 269 Å². The number of amides is 1. The van der Waals surface area contributed by atoms with Gasteiger partial charge in [-0.2, -0.15) is 0 Å². The van der Waals surface area contributed by atoms with Gasteiger partial charge in [0.25, 0.3) is 0 Å². The molecule has 0 fully saturated rings. The first-order chi connectivity index (χ1) is 32.5. The number of hydrogen-bond donors (Lipinski definition) is 3. The number of esters is 1. The number of unbranched alkanes of at least 4 members (excludes halogenated alkanes) is 37. The first kappa shape index (κ1) is 64.1. The van der Waals surface area contributed by atoms with E-state index in [-0.39, 0.29) is 24.9 Å². The molecule has 0 aromatic carbocycles. The SMILES string of the molecule is CCCCCCCC/C=C\C/C=C/C(CC(=O)NC(CO)C(O)CCCCCCCCCCCCCCCCCCC)OC(=O)CCCCCCCCCCC/C=C/CCCCCCCC. The van der Waals surface area contributed by atoms with Crippen molar-refractivity contribution in [2.24, 2.45) is 0 Å². The maximum Gasteiger partial charge on any atom is 0.306 e. The third kappa shape index (κ3) is 48.5. The Labute approximate surface area is 411 Å². The number of hydrogen-bond acceptors (Lipinski definition) is 5. The van der Waals surface area contributed by atoms with Crippen molar-refractivity contribution in [2.45, 2.75) is 328 Å². The van der Waals surface area contributed by atoms with E-state index >= 15 is 0 Å². The highest BCUT2D eigenvalue weighted by Crippen LogP contribution is 2.17. The minimum absolute atomic E-state index is 0.0262. The largest absolute Gasteiger partial charge is 0.458 e. The van der Waals surface area contributed by atoms with Crippen LogP contribution in [0, 0.1) is 0 Å². The summed E-state index contributed by atoms with van der Waals surface area (Å²) in [7, 11) is 0. The number of carbonyl (C=O) groups excluding carboxylic acids is 2. The van der Waals surface area contributed by atoms with E-state index in [9.17, 15) is 19.8 Å². The number of carbonyl (C=O) groups is 2. The number of aliphatic hydroxyl groups is 2. The highest BCUT2D eigenvalue weighted by Gasteiger charge is 2.23. The topological polar surface area (TPSA) is 95.9 Å². The zero-order valence-electron chi connectivity index (χ0n) is 44.3. The van der Waals surface area contributed by atoms with Gasteiger partial charge in [-0.25, -0.2) is 0 Å². The standard InChI is InChI=1S/C60H113NO5/c1-4-7-10-13-16-19-22-24-26-28-29-31-33-35-38-41-44-47-50-53-60(65)66-56(51-48-45-42-39-36-21-18-15-12-9-6-3)54-59(64)61-57(55-62)58(63)52-49-46-43-40-37-34-32-30-27-25-23-20-17-14-11-8-5-2/h24,26,39,42,48,51,56-58,62-63H,4-23,25,27-38,40-41,43-47,49-50,52-55H2,1-3H3,(H,61,64)/b26-24+,42-39-,51-48+. The van der Waals surface area contributed by atoms with E-state index < -0.39 is 18.2 Å². The van der Waals surface area contributed by atoms with Crippen molar-refractivity contribution in [2.75, 3.05) is 6.61 Å². The molecule has 0 saturated heterocycles. The van der Waals surface area contributed by atoms with Crippen molar-refractivity contribution in [1.29, 1.82) is 0 Å². The Morgan fingerprint density at radius 3 is 1.20 bits per heavy atom. The van der Waals surface area contributed by atoms with Crippen LogP contribution in [0.1, 0.15) is 310 Å². The van der Waals surface area contributed by atoms with Crippen LogP contribution in [-0.2, 0) is 14.3 Å². The van der Waals surface area contributed by atoms with Crippen molar-refractivity contribution < 1.29 is 24.5 Å². The van der Waals surface area contributed by atoms with Gasteiger partial charge in [-0.05, 0) is 63.9 Å². The minimum Gasteiger partial charge on any atom is -0.458 e. The van der Waals surface area contributed by atoms with Gasteiger partial charge in [0.1, 0.15) is 6.10 Å². The van der Waals surface area contributed by atoms with Gasteiger partial charge in [-0.3, -0.25) is 9.59 Å². The fourth-order valence-electron chi connectivity index (χ4n) is 8.98. The van der Waals surface area contributed by atoms with Crippen LogP contribution in [0.2, 0.25) is 0 Å². The molecule has 3 atom stereocenters. The molecule has 1 amide bonds. The summed E-state index contributed by atoms with van der Waals surface area (Å²) in [5.74, 6) is -0.592.